The van der Waals surface area contributed by atoms with Gasteiger partial charge < -0.3 is 24.8 Å². The fourth-order valence-corrected chi connectivity index (χ4v) is 4.98. The van der Waals surface area contributed by atoms with Crippen LogP contribution in [0.1, 0.15) is 49.3 Å². The molecule has 2 heterocycles. The molecule has 4 unspecified atom stereocenters. The number of ether oxygens (including phenoxy) is 2. The van der Waals surface area contributed by atoms with Crippen LogP contribution in [0.15, 0.2) is 12.1 Å². The first-order chi connectivity index (χ1) is 12.6. The average molecular weight is 360 g/mol. The maximum absolute atomic E-state index is 13.1. The summed E-state index contributed by atoms with van der Waals surface area (Å²) in [5.41, 5.74) is 1.58. The first-order valence-electron chi connectivity index (χ1n) is 9.59. The molecule has 26 heavy (non-hydrogen) atoms. The van der Waals surface area contributed by atoms with Gasteiger partial charge in [0.25, 0.3) is 0 Å². The Morgan fingerprint density at radius 2 is 1.92 bits per heavy atom. The first-order valence-corrected chi connectivity index (χ1v) is 9.59. The van der Waals surface area contributed by atoms with Crippen molar-refractivity contribution in [3.8, 4) is 11.5 Å². The summed E-state index contributed by atoms with van der Waals surface area (Å²) in [5, 5.41) is 14.3. The van der Waals surface area contributed by atoms with Crippen LogP contribution in [0.3, 0.4) is 0 Å². The van der Waals surface area contributed by atoms with Gasteiger partial charge in [-0.2, -0.15) is 0 Å². The maximum atomic E-state index is 13.1. The van der Waals surface area contributed by atoms with Crippen molar-refractivity contribution in [1.82, 2.24) is 10.2 Å². The van der Waals surface area contributed by atoms with Gasteiger partial charge in [-0.05, 0) is 37.3 Å². The quantitative estimate of drug-likeness (QED) is 0.863. The van der Waals surface area contributed by atoms with Gasteiger partial charge in [-0.15, -0.1) is 0 Å². The number of hydrogen-bond donors (Lipinski definition) is 2. The molecule has 1 aromatic rings. The van der Waals surface area contributed by atoms with Gasteiger partial charge in [0.15, 0.2) is 0 Å². The van der Waals surface area contributed by atoms with E-state index in [4.69, 9.17) is 9.47 Å². The fraction of sp³-hybridized carbons (Fsp3) is 0.650. The highest BCUT2D eigenvalue weighted by Crippen LogP contribution is 2.40. The zero-order valence-electron chi connectivity index (χ0n) is 15.5. The van der Waals surface area contributed by atoms with Crippen molar-refractivity contribution in [2.45, 2.75) is 56.8 Å². The highest BCUT2D eigenvalue weighted by atomic mass is 16.5. The topological polar surface area (TPSA) is 71.0 Å². The number of fused-ring (bicyclic) bond motifs is 2. The van der Waals surface area contributed by atoms with Crippen LogP contribution in [0.5, 0.6) is 11.5 Å². The molecule has 3 aliphatic rings. The Hall–Kier alpha value is -1.79. The lowest BCUT2D eigenvalue weighted by molar-refractivity contribution is -0.136. The normalized spacial score (nSPS) is 30.5. The van der Waals surface area contributed by atoms with Crippen LogP contribution in [0.2, 0.25) is 0 Å². The van der Waals surface area contributed by atoms with E-state index in [1.54, 1.807) is 19.1 Å². The highest BCUT2D eigenvalue weighted by Gasteiger charge is 2.41. The molecule has 1 saturated carbocycles. The zero-order valence-corrected chi connectivity index (χ0v) is 15.5. The van der Waals surface area contributed by atoms with Crippen molar-refractivity contribution >= 4 is 5.91 Å². The SMILES string of the molecule is COc1ccc(OC)c2c1CN(C(=O)C1CC3CCCCC3N1)CC2O. The van der Waals surface area contributed by atoms with Gasteiger partial charge in [0.2, 0.25) is 5.91 Å². The van der Waals surface area contributed by atoms with E-state index in [9.17, 15) is 9.90 Å². The lowest BCUT2D eigenvalue weighted by Gasteiger charge is -2.35. The van der Waals surface area contributed by atoms with Gasteiger partial charge in [0.05, 0.1) is 26.8 Å². The summed E-state index contributed by atoms with van der Waals surface area (Å²) < 4.78 is 10.9. The number of amides is 1. The summed E-state index contributed by atoms with van der Waals surface area (Å²) in [7, 11) is 3.20. The molecule has 1 aliphatic carbocycles. The number of aliphatic hydroxyl groups excluding tert-OH is 1. The van der Waals surface area contributed by atoms with Crippen LogP contribution in [-0.4, -0.2) is 48.8 Å². The molecular formula is C20H28N2O4. The third-order valence-electron chi connectivity index (χ3n) is 6.26. The Kier molecular flexibility index (Phi) is 4.80. The molecule has 0 aromatic heterocycles. The van der Waals surface area contributed by atoms with Gasteiger partial charge in [-0.1, -0.05) is 12.8 Å². The predicted molar refractivity (Wildman–Crippen MR) is 97.2 cm³/mol. The Morgan fingerprint density at radius 3 is 2.65 bits per heavy atom. The van der Waals surface area contributed by atoms with Gasteiger partial charge in [-0.3, -0.25) is 4.79 Å². The van der Waals surface area contributed by atoms with Crippen LogP contribution in [0.4, 0.5) is 0 Å². The Morgan fingerprint density at radius 1 is 1.19 bits per heavy atom. The summed E-state index contributed by atoms with van der Waals surface area (Å²) in [6.45, 7) is 0.738. The van der Waals surface area contributed by atoms with Crippen LogP contribution in [0, 0.1) is 5.92 Å². The van der Waals surface area contributed by atoms with E-state index in [0.29, 0.717) is 36.5 Å². The molecule has 142 valence electrons. The average Bonchev–Trinajstić information content (AvgIpc) is 3.10. The van der Waals surface area contributed by atoms with Crippen LogP contribution in [-0.2, 0) is 11.3 Å². The summed E-state index contributed by atoms with van der Waals surface area (Å²) >= 11 is 0. The summed E-state index contributed by atoms with van der Waals surface area (Å²) in [6, 6.07) is 3.99. The Labute approximate surface area is 154 Å². The van der Waals surface area contributed by atoms with Crippen LogP contribution in [0.25, 0.3) is 0 Å². The summed E-state index contributed by atoms with van der Waals surface area (Å²) in [4.78, 5) is 14.9. The van der Waals surface area contributed by atoms with Crippen molar-refractivity contribution in [2.75, 3.05) is 20.8 Å². The second kappa shape index (κ2) is 7.08. The molecular weight excluding hydrogens is 332 g/mol. The minimum absolute atomic E-state index is 0.0916. The molecule has 1 saturated heterocycles. The number of hydrogen-bond acceptors (Lipinski definition) is 5. The number of methoxy groups -OCH3 is 2. The number of nitrogens with one attached hydrogen (secondary N) is 1. The maximum Gasteiger partial charge on any atom is 0.240 e. The molecule has 4 rings (SSSR count). The van der Waals surface area contributed by atoms with Gasteiger partial charge in [-0.25, -0.2) is 0 Å². The smallest absolute Gasteiger partial charge is 0.240 e. The second-order valence-corrected chi connectivity index (χ2v) is 7.70. The van der Waals surface area contributed by atoms with Crippen molar-refractivity contribution in [1.29, 1.82) is 0 Å². The largest absolute Gasteiger partial charge is 0.496 e. The second-order valence-electron chi connectivity index (χ2n) is 7.70. The number of carbonyl (C=O) groups excluding carboxylic acids is 1. The molecule has 4 atom stereocenters. The molecule has 2 fully saturated rings. The van der Waals surface area contributed by atoms with Gasteiger partial charge in [0.1, 0.15) is 17.6 Å². The monoisotopic (exact) mass is 360 g/mol. The number of rotatable bonds is 3. The van der Waals surface area contributed by atoms with E-state index in [-0.39, 0.29) is 11.9 Å². The molecule has 0 spiro atoms. The van der Waals surface area contributed by atoms with Crippen LogP contribution < -0.4 is 14.8 Å². The Balaban J connectivity index is 1.56. The van der Waals surface area contributed by atoms with E-state index in [0.717, 1.165) is 17.5 Å². The zero-order chi connectivity index (χ0) is 18.3. The molecule has 6 heteroatoms. The van der Waals surface area contributed by atoms with E-state index < -0.39 is 6.10 Å². The number of benzene rings is 1. The minimum atomic E-state index is -0.767. The lowest BCUT2D eigenvalue weighted by atomic mass is 9.85. The van der Waals surface area contributed by atoms with Gasteiger partial charge >= 0.3 is 0 Å². The van der Waals surface area contributed by atoms with E-state index >= 15 is 0 Å². The van der Waals surface area contributed by atoms with Crippen molar-refractivity contribution in [3.05, 3.63) is 23.3 Å². The lowest BCUT2D eigenvalue weighted by Crippen LogP contribution is -2.48. The molecule has 0 bridgehead atoms. The minimum Gasteiger partial charge on any atom is -0.496 e. The van der Waals surface area contributed by atoms with Crippen molar-refractivity contribution in [3.63, 3.8) is 0 Å². The summed E-state index contributed by atoms with van der Waals surface area (Å²) in [6.07, 6.45) is 5.07. The molecule has 1 amide bonds. The van der Waals surface area contributed by atoms with Crippen LogP contribution >= 0.6 is 0 Å². The highest BCUT2D eigenvalue weighted by molar-refractivity contribution is 5.83. The third-order valence-corrected chi connectivity index (χ3v) is 6.26. The first kappa shape index (κ1) is 17.6. The van der Waals surface area contributed by atoms with E-state index in [2.05, 4.69) is 5.32 Å². The third kappa shape index (κ3) is 2.95. The molecule has 2 N–H and O–H groups in total. The number of aliphatic hydroxyl groups is 1. The fourth-order valence-electron chi connectivity index (χ4n) is 4.98. The molecule has 0 radical (unpaired) electrons. The molecule has 1 aromatic carbocycles. The number of carbonyl (C=O) groups is 1. The number of β-amino-alcohol motifs (C(OH)–C–C–N with tert-alkyl or cyclic N) is 1. The Bertz CT molecular complexity index is 679. The van der Waals surface area contributed by atoms with E-state index in [1.807, 2.05) is 12.1 Å². The van der Waals surface area contributed by atoms with E-state index in [1.165, 1.54) is 25.7 Å². The van der Waals surface area contributed by atoms with Crippen molar-refractivity contribution < 1.29 is 19.4 Å². The van der Waals surface area contributed by atoms with Gasteiger partial charge in [0, 0.05) is 23.7 Å². The number of nitrogens with zero attached hydrogens (tertiary/aromatic N) is 1. The van der Waals surface area contributed by atoms with Crippen molar-refractivity contribution in [2.24, 2.45) is 5.92 Å². The summed E-state index contributed by atoms with van der Waals surface area (Å²) in [5.74, 6) is 2.04. The molecule has 6 nitrogen and oxygen atoms in total. The molecule has 2 aliphatic heterocycles. The predicted octanol–water partition coefficient (Wildman–Crippen LogP) is 2.00. The standard InChI is InChI=1S/C20H28N2O4/c1-25-17-7-8-18(26-2)19-13(17)10-22(11-16(19)23)20(24)15-9-12-5-3-4-6-14(12)21-15/h7-8,12,14-16,21,23H,3-6,9-11H2,1-2H3.